The molecule has 19 heavy (non-hydrogen) atoms. The number of rotatable bonds is 3. The van der Waals surface area contributed by atoms with E-state index >= 15 is 0 Å². The molecule has 0 saturated carbocycles. The van der Waals surface area contributed by atoms with Gasteiger partial charge in [-0.3, -0.25) is 0 Å². The molecule has 0 amide bonds. The summed E-state index contributed by atoms with van der Waals surface area (Å²) in [4.78, 5) is 4.35. The summed E-state index contributed by atoms with van der Waals surface area (Å²) in [6, 6.07) is 10.3. The summed E-state index contributed by atoms with van der Waals surface area (Å²) < 4.78 is 20.3. The third-order valence-electron chi connectivity index (χ3n) is 2.89. The van der Waals surface area contributed by atoms with Gasteiger partial charge in [0, 0.05) is 6.42 Å². The van der Waals surface area contributed by atoms with Crippen molar-refractivity contribution in [3.63, 3.8) is 0 Å². The maximum Gasteiger partial charge on any atom is 0.156 e. The average Bonchev–Trinajstić information content (AvgIpc) is 2.82. The third-order valence-corrected chi connectivity index (χ3v) is 2.89. The van der Waals surface area contributed by atoms with Crippen molar-refractivity contribution in [3.8, 4) is 5.75 Å². The monoisotopic (exact) mass is 257 g/mol. The number of ether oxygens (including phenoxy) is 1. The lowest BCUT2D eigenvalue weighted by molar-refractivity contribution is 0.411. The van der Waals surface area contributed by atoms with Gasteiger partial charge in [-0.25, -0.2) is 13.9 Å². The molecule has 4 nitrogen and oxygen atoms in total. The fraction of sp³-hybridized carbons (Fsp3) is 0.143. The summed E-state index contributed by atoms with van der Waals surface area (Å²) in [5.41, 5.74) is 1.30. The number of pyridine rings is 1. The van der Waals surface area contributed by atoms with E-state index in [4.69, 9.17) is 4.74 Å². The summed E-state index contributed by atoms with van der Waals surface area (Å²) in [7, 11) is 1.60. The van der Waals surface area contributed by atoms with Crippen LogP contribution in [-0.2, 0) is 6.42 Å². The second-order valence-electron chi connectivity index (χ2n) is 4.17. The highest BCUT2D eigenvalue weighted by Gasteiger charge is 2.08. The van der Waals surface area contributed by atoms with Crippen molar-refractivity contribution < 1.29 is 9.13 Å². The molecule has 0 aliphatic carbocycles. The topological polar surface area (TPSA) is 39.4 Å². The smallest absolute Gasteiger partial charge is 0.156 e. The van der Waals surface area contributed by atoms with Crippen LogP contribution in [0, 0.1) is 5.82 Å². The van der Waals surface area contributed by atoms with Crippen LogP contribution in [0.4, 0.5) is 4.39 Å². The van der Waals surface area contributed by atoms with Crippen LogP contribution in [0.3, 0.4) is 0 Å². The van der Waals surface area contributed by atoms with Gasteiger partial charge in [-0.2, -0.15) is 5.10 Å². The van der Waals surface area contributed by atoms with E-state index in [-0.39, 0.29) is 5.82 Å². The van der Waals surface area contributed by atoms with Crippen LogP contribution in [-0.4, -0.2) is 21.7 Å². The average molecular weight is 257 g/mol. The maximum atomic E-state index is 13.6. The highest BCUT2D eigenvalue weighted by Crippen LogP contribution is 2.14. The first-order valence-electron chi connectivity index (χ1n) is 5.89. The van der Waals surface area contributed by atoms with Crippen molar-refractivity contribution in [1.82, 2.24) is 14.6 Å². The number of nitrogens with zero attached hydrogens (tertiary/aromatic N) is 3. The number of hydrogen-bond donors (Lipinski definition) is 0. The van der Waals surface area contributed by atoms with E-state index in [1.54, 1.807) is 36.0 Å². The molecule has 0 saturated heterocycles. The van der Waals surface area contributed by atoms with Crippen LogP contribution in [0.25, 0.3) is 5.65 Å². The second kappa shape index (κ2) is 4.68. The van der Waals surface area contributed by atoms with Crippen LogP contribution in [0.5, 0.6) is 5.75 Å². The van der Waals surface area contributed by atoms with Crippen LogP contribution in [0.1, 0.15) is 11.4 Å². The van der Waals surface area contributed by atoms with Gasteiger partial charge >= 0.3 is 0 Å². The molecular formula is C14H12FN3O. The van der Waals surface area contributed by atoms with Gasteiger partial charge < -0.3 is 4.74 Å². The van der Waals surface area contributed by atoms with E-state index in [1.807, 2.05) is 12.1 Å². The fourth-order valence-electron chi connectivity index (χ4n) is 1.92. The van der Waals surface area contributed by atoms with Gasteiger partial charge in [0.25, 0.3) is 0 Å². The van der Waals surface area contributed by atoms with Crippen molar-refractivity contribution in [2.75, 3.05) is 7.11 Å². The summed E-state index contributed by atoms with van der Waals surface area (Å²) in [6.07, 6.45) is 2.11. The molecule has 0 aliphatic heterocycles. The Morgan fingerprint density at radius 3 is 2.84 bits per heavy atom. The Balaban J connectivity index is 1.95. The van der Waals surface area contributed by atoms with E-state index in [9.17, 15) is 4.39 Å². The normalized spacial score (nSPS) is 10.8. The SMILES string of the molecule is COc1ccc2nc(Cc3ccccc3F)nn2c1. The summed E-state index contributed by atoms with van der Waals surface area (Å²) in [5, 5.41) is 4.32. The van der Waals surface area contributed by atoms with Gasteiger partial charge in [-0.15, -0.1) is 0 Å². The quantitative estimate of drug-likeness (QED) is 0.723. The van der Waals surface area contributed by atoms with Crippen molar-refractivity contribution in [3.05, 3.63) is 59.8 Å². The minimum Gasteiger partial charge on any atom is -0.495 e. The molecule has 0 aliphatic rings. The second-order valence-corrected chi connectivity index (χ2v) is 4.17. The van der Waals surface area contributed by atoms with Crippen LogP contribution >= 0.6 is 0 Å². The Kier molecular flexibility index (Phi) is 2.87. The molecule has 1 aromatic carbocycles. The molecule has 0 atom stereocenters. The van der Waals surface area contributed by atoms with E-state index in [2.05, 4.69) is 10.1 Å². The first-order chi connectivity index (χ1) is 9.26. The molecule has 5 heteroatoms. The Morgan fingerprint density at radius 1 is 1.21 bits per heavy atom. The standard InChI is InChI=1S/C14H12FN3O/c1-19-11-6-7-14-16-13(17-18(14)9-11)8-10-4-2-3-5-12(10)15/h2-7,9H,8H2,1H3. The largest absolute Gasteiger partial charge is 0.495 e. The van der Waals surface area contributed by atoms with E-state index in [0.717, 1.165) is 0 Å². The Hall–Kier alpha value is -2.43. The number of fused-ring (bicyclic) bond motifs is 1. The van der Waals surface area contributed by atoms with Gasteiger partial charge in [0.2, 0.25) is 0 Å². The Morgan fingerprint density at radius 2 is 2.05 bits per heavy atom. The van der Waals surface area contributed by atoms with E-state index in [1.165, 1.54) is 6.07 Å². The molecule has 96 valence electrons. The van der Waals surface area contributed by atoms with Crippen LogP contribution in [0.15, 0.2) is 42.6 Å². The van der Waals surface area contributed by atoms with E-state index in [0.29, 0.717) is 29.2 Å². The number of hydrogen-bond acceptors (Lipinski definition) is 3. The molecule has 0 fully saturated rings. The molecular weight excluding hydrogens is 245 g/mol. The first kappa shape index (κ1) is 11.6. The Labute approximate surface area is 109 Å². The molecule has 2 aromatic heterocycles. The van der Waals surface area contributed by atoms with Gasteiger partial charge in [0.15, 0.2) is 11.5 Å². The lowest BCUT2D eigenvalue weighted by atomic mass is 10.1. The van der Waals surface area contributed by atoms with E-state index < -0.39 is 0 Å². The molecule has 3 aromatic rings. The fourth-order valence-corrected chi connectivity index (χ4v) is 1.92. The van der Waals surface area contributed by atoms with Crippen molar-refractivity contribution >= 4 is 5.65 Å². The van der Waals surface area contributed by atoms with Crippen molar-refractivity contribution in [1.29, 1.82) is 0 Å². The Bertz CT molecular complexity index is 724. The van der Waals surface area contributed by atoms with Crippen molar-refractivity contribution in [2.45, 2.75) is 6.42 Å². The van der Waals surface area contributed by atoms with Crippen molar-refractivity contribution in [2.24, 2.45) is 0 Å². The van der Waals surface area contributed by atoms with Gasteiger partial charge in [0.1, 0.15) is 11.6 Å². The lowest BCUT2D eigenvalue weighted by Crippen LogP contribution is -1.95. The van der Waals surface area contributed by atoms with Gasteiger partial charge in [-0.1, -0.05) is 18.2 Å². The molecule has 2 heterocycles. The molecule has 3 rings (SSSR count). The predicted molar refractivity (Wildman–Crippen MR) is 68.7 cm³/mol. The minimum atomic E-state index is -0.237. The summed E-state index contributed by atoms with van der Waals surface area (Å²) in [6.45, 7) is 0. The molecule has 0 N–H and O–H groups in total. The third kappa shape index (κ3) is 2.27. The number of methoxy groups -OCH3 is 1. The number of aromatic nitrogens is 3. The lowest BCUT2D eigenvalue weighted by Gasteiger charge is -1.98. The molecule has 0 radical (unpaired) electrons. The first-order valence-corrected chi connectivity index (χ1v) is 5.89. The summed E-state index contributed by atoms with van der Waals surface area (Å²) >= 11 is 0. The summed E-state index contributed by atoms with van der Waals surface area (Å²) in [5.74, 6) is 1.05. The predicted octanol–water partition coefficient (Wildman–Crippen LogP) is 2.47. The number of benzene rings is 1. The zero-order chi connectivity index (χ0) is 13.2. The zero-order valence-electron chi connectivity index (χ0n) is 10.4. The van der Waals surface area contributed by atoms with Gasteiger partial charge in [0.05, 0.1) is 13.3 Å². The molecule has 0 unspecified atom stereocenters. The van der Waals surface area contributed by atoms with Crippen LogP contribution < -0.4 is 4.74 Å². The van der Waals surface area contributed by atoms with Crippen LogP contribution in [0.2, 0.25) is 0 Å². The molecule has 0 spiro atoms. The highest BCUT2D eigenvalue weighted by molar-refractivity contribution is 5.41. The zero-order valence-corrected chi connectivity index (χ0v) is 10.4. The highest BCUT2D eigenvalue weighted by atomic mass is 19.1. The molecule has 0 bridgehead atoms. The maximum absolute atomic E-state index is 13.6. The van der Waals surface area contributed by atoms with Gasteiger partial charge in [-0.05, 0) is 23.8 Å². The minimum absolute atomic E-state index is 0.237. The number of halogens is 1.